The molecule has 28 heavy (non-hydrogen) atoms. The summed E-state index contributed by atoms with van der Waals surface area (Å²) in [5, 5.41) is 0.995. The van der Waals surface area contributed by atoms with E-state index in [1.165, 1.54) is 6.07 Å². The summed E-state index contributed by atoms with van der Waals surface area (Å²) in [4.78, 5) is 25.6. The third-order valence-electron chi connectivity index (χ3n) is 4.14. The van der Waals surface area contributed by atoms with Gasteiger partial charge in [-0.25, -0.2) is 4.79 Å². The predicted octanol–water partition coefficient (Wildman–Crippen LogP) is 5.99. The summed E-state index contributed by atoms with van der Waals surface area (Å²) in [5.74, 6) is -0.832. The molecular formula is C22H12Cl2O4. The number of carbonyl (C=O) groups excluding carboxylic acids is 1. The Morgan fingerprint density at radius 3 is 2.36 bits per heavy atom. The molecule has 6 heteroatoms. The molecule has 0 aliphatic rings. The van der Waals surface area contributed by atoms with E-state index in [0.717, 1.165) is 0 Å². The average Bonchev–Trinajstić information content (AvgIpc) is 2.71. The van der Waals surface area contributed by atoms with Crippen LogP contribution in [0.1, 0.15) is 10.4 Å². The minimum absolute atomic E-state index is 0.0645. The number of fused-ring (bicyclic) bond motifs is 1. The molecule has 0 amide bonds. The molecule has 0 saturated carbocycles. The topological polar surface area (TPSA) is 56.5 Å². The van der Waals surface area contributed by atoms with E-state index in [9.17, 15) is 9.59 Å². The fourth-order valence-corrected chi connectivity index (χ4v) is 3.29. The van der Waals surface area contributed by atoms with Crippen molar-refractivity contribution >= 4 is 40.1 Å². The summed E-state index contributed by atoms with van der Waals surface area (Å²) in [6, 6.07) is 19.8. The Labute approximate surface area is 169 Å². The van der Waals surface area contributed by atoms with Gasteiger partial charge < -0.3 is 9.15 Å². The Hall–Kier alpha value is -3.08. The minimum atomic E-state index is -0.672. The first-order chi connectivity index (χ1) is 13.5. The van der Waals surface area contributed by atoms with Crippen molar-refractivity contribution in [3.05, 3.63) is 98.6 Å². The average molecular weight is 411 g/mol. The van der Waals surface area contributed by atoms with Gasteiger partial charge in [-0.2, -0.15) is 0 Å². The molecule has 0 unspecified atom stereocenters. The maximum Gasteiger partial charge on any atom is 0.343 e. The smallest absolute Gasteiger partial charge is 0.343 e. The van der Waals surface area contributed by atoms with Gasteiger partial charge in [-0.15, -0.1) is 0 Å². The highest BCUT2D eigenvalue weighted by Gasteiger charge is 2.22. The SMILES string of the molecule is O=C(Oc1c(-c2ccc(Cl)cc2Cl)oc2ccccc2c1=O)c1ccccc1. The van der Waals surface area contributed by atoms with Crippen molar-refractivity contribution in [1.82, 2.24) is 0 Å². The van der Waals surface area contributed by atoms with Gasteiger partial charge >= 0.3 is 5.97 Å². The predicted molar refractivity (Wildman–Crippen MR) is 109 cm³/mol. The minimum Gasteiger partial charge on any atom is -0.452 e. The van der Waals surface area contributed by atoms with E-state index in [4.69, 9.17) is 32.4 Å². The highest BCUT2D eigenvalue weighted by atomic mass is 35.5. The lowest BCUT2D eigenvalue weighted by molar-refractivity contribution is 0.0731. The quantitative estimate of drug-likeness (QED) is 0.389. The van der Waals surface area contributed by atoms with Crippen LogP contribution in [-0.2, 0) is 0 Å². The summed E-state index contributed by atoms with van der Waals surface area (Å²) in [7, 11) is 0. The number of esters is 1. The lowest BCUT2D eigenvalue weighted by atomic mass is 10.1. The van der Waals surface area contributed by atoms with Gasteiger partial charge in [0.25, 0.3) is 0 Å². The summed E-state index contributed by atoms with van der Waals surface area (Å²) in [6.07, 6.45) is 0. The van der Waals surface area contributed by atoms with Gasteiger partial charge in [0.05, 0.1) is 16.0 Å². The first-order valence-corrected chi connectivity index (χ1v) is 9.08. The Kier molecular flexibility index (Phi) is 4.90. The van der Waals surface area contributed by atoms with Crippen LogP contribution in [0.25, 0.3) is 22.3 Å². The molecular weight excluding hydrogens is 399 g/mol. The lowest BCUT2D eigenvalue weighted by Gasteiger charge is -2.12. The number of halogens is 2. The fraction of sp³-hybridized carbons (Fsp3) is 0. The van der Waals surface area contributed by atoms with E-state index in [1.54, 1.807) is 66.7 Å². The van der Waals surface area contributed by atoms with Crippen molar-refractivity contribution in [2.45, 2.75) is 0 Å². The molecule has 0 radical (unpaired) electrons. The highest BCUT2D eigenvalue weighted by molar-refractivity contribution is 6.36. The maximum absolute atomic E-state index is 13.1. The molecule has 0 aliphatic carbocycles. The normalized spacial score (nSPS) is 10.8. The van der Waals surface area contributed by atoms with Crippen LogP contribution >= 0.6 is 23.2 Å². The van der Waals surface area contributed by atoms with Crippen LogP contribution in [0.2, 0.25) is 10.0 Å². The zero-order chi connectivity index (χ0) is 19.7. The molecule has 4 aromatic rings. The first kappa shape index (κ1) is 18.3. The van der Waals surface area contributed by atoms with Crippen molar-refractivity contribution < 1.29 is 13.9 Å². The standard InChI is InChI=1S/C22H12Cl2O4/c23-14-10-11-15(17(24)12-14)20-21(28-22(26)13-6-2-1-3-7-13)19(25)16-8-4-5-9-18(16)27-20/h1-12H. The van der Waals surface area contributed by atoms with E-state index >= 15 is 0 Å². The molecule has 1 aromatic heterocycles. The molecule has 0 fully saturated rings. The van der Waals surface area contributed by atoms with Crippen LogP contribution in [0, 0.1) is 0 Å². The molecule has 0 atom stereocenters. The third kappa shape index (κ3) is 3.40. The number of ether oxygens (including phenoxy) is 1. The number of carbonyl (C=O) groups is 1. The van der Waals surface area contributed by atoms with Crippen LogP contribution in [0.3, 0.4) is 0 Å². The van der Waals surface area contributed by atoms with Gasteiger partial charge in [0.2, 0.25) is 11.2 Å². The molecule has 0 spiro atoms. The summed E-state index contributed by atoms with van der Waals surface area (Å²) < 4.78 is 11.4. The Balaban J connectivity index is 1.94. The van der Waals surface area contributed by atoms with E-state index in [2.05, 4.69) is 0 Å². The molecule has 0 aliphatic heterocycles. The second-order valence-electron chi connectivity index (χ2n) is 5.97. The van der Waals surface area contributed by atoms with Crippen molar-refractivity contribution in [3.8, 4) is 17.1 Å². The van der Waals surface area contributed by atoms with Gasteiger partial charge in [0, 0.05) is 10.6 Å². The molecule has 138 valence electrons. The molecule has 0 N–H and O–H groups in total. The fourth-order valence-electron chi connectivity index (χ4n) is 2.79. The molecule has 1 heterocycles. The Morgan fingerprint density at radius 1 is 0.893 bits per heavy atom. The van der Waals surface area contributed by atoms with Crippen LogP contribution in [-0.4, -0.2) is 5.97 Å². The lowest BCUT2D eigenvalue weighted by Crippen LogP contribution is -2.16. The zero-order valence-electron chi connectivity index (χ0n) is 14.3. The van der Waals surface area contributed by atoms with Gasteiger partial charge in [-0.3, -0.25) is 4.79 Å². The second kappa shape index (κ2) is 7.50. The van der Waals surface area contributed by atoms with Crippen LogP contribution < -0.4 is 10.2 Å². The molecule has 4 nitrogen and oxygen atoms in total. The van der Waals surface area contributed by atoms with Crippen molar-refractivity contribution in [2.24, 2.45) is 0 Å². The highest BCUT2D eigenvalue weighted by Crippen LogP contribution is 2.36. The first-order valence-electron chi connectivity index (χ1n) is 8.33. The zero-order valence-corrected chi connectivity index (χ0v) is 15.8. The van der Waals surface area contributed by atoms with Gasteiger partial charge in [-0.05, 0) is 42.5 Å². The number of para-hydroxylation sites is 1. The van der Waals surface area contributed by atoms with Crippen molar-refractivity contribution in [3.63, 3.8) is 0 Å². The number of hydrogen-bond acceptors (Lipinski definition) is 4. The number of hydrogen-bond donors (Lipinski definition) is 0. The van der Waals surface area contributed by atoms with Crippen LogP contribution in [0.5, 0.6) is 5.75 Å². The molecule has 3 aromatic carbocycles. The maximum atomic E-state index is 13.1. The van der Waals surface area contributed by atoms with Gasteiger partial charge in [0.1, 0.15) is 5.58 Å². The monoisotopic (exact) mass is 410 g/mol. The van der Waals surface area contributed by atoms with Crippen LogP contribution in [0.4, 0.5) is 0 Å². The van der Waals surface area contributed by atoms with Crippen LogP contribution in [0.15, 0.2) is 82.0 Å². The molecule has 0 bridgehead atoms. The van der Waals surface area contributed by atoms with Gasteiger partial charge in [0.15, 0.2) is 5.76 Å². The van der Waals surface area contributed by atoms with Gasteiger partial charge in [-0.1, -0.05) is 53.5 Å². The largest absolute Gasteiger partial charge is 0.452 e. The van der Waals surface area contributed by atoms with E-state index in [0.29, 0.717) is 27.1 Å². The Bertz CT molecular complexity index is 1250. The molecule has 0 saturated heterocycles. The van der Waals surface area contributed by atoms with Crippen molar-refractivity contribution in [2.75, 3.05) is 0 Å². The summed E-state index contributed by atoms with van der Waals surface area (Å²) in [5.41, 5.74) is 0.591. The molecule has 4 rings (SSSR count). The third-order valence-corrected chi connectivity index (χ3v) is 4.68. The summed E-state index contributed by atoms with van der Waals surface area (Å²) >= 11 is 12.3. The Morgan fingerprint density at radius 2 is 1.61 bits per heavy atom. The van der Waals surface area contributed by atoms with E-state index < -0.39 is 11.4 Å². The number of rotatable bonds is 3. The van der Waals surface area contributed by atoms with Crippen molar-refractivity contribution in [1.29, 1.82) is 0 Å². The second-order valence-corrected chi connectivity index (χ2v) is 6.81. The van der Waals surface area contributed by atoms with E-state index in [1.807, 2.05) is 0 Å². The van der Waals surface area contributed by atoms with E-state index in [-0.39, 0.29) is 16.5 Å². The number of benzene rings is 3. The summed E-state index contributed by atoms with van der Waals surface area (Å²) in [6.45, 7) is 0.